The third-order valence-electron chi connectivity index (χ3n) is 7.12. The van der Waals surface area contributed by atoms with E-state index in [2.05, 4.69) is 20.6 Å². The fourth-order valence-electron chi connectivity index (χ4n) is 4.88. The van der Waals surface area contributed by atoms with Gasteiger partial charge in [0.2, 0.25) is 0 Å². The molecule has 14 heteroatoms. The molecule has 0 aliphatic carbocycles. The van der Waals surface area contributed by atoms with Gasteiger partial charge >= 0.3 is 11.4 Å². The summed E-state index contributed by atoms with van der Waals surface area (Å²) in [5.74, 6) is -0.877. The molecule has 0 saturated carbocycles. The maximum atomic E-state index is 15.3. The molecule has 0 aliphatic rings. The largest absolute Gasteiger partial charge is 0.370 e. The lowest BCUT2D eigenvalue weighted by atomic mass is 10.0. The molecule has 0 unspecified atom stereocenters. The fraction of sp³-hybridized carbons (Fsp3) is 0.345. The van der Waals surface area contributed by atoms with Gasteiger partial charge < -0.3 is 27.1 Å². The highest BCUT2D eigenvalue weighted by atomic mass is 35.5. The molecule has 0 aliphatic heterocycles. The molecule has 0 saturated heterocycles. The Kier molecular flexibility index (Phi) is 10.1. The molecule has 2 aromatic heterocycles. The van der Waals surface area contributed by atoms with Gasteiger partial charge in [-0.1, -0.05) is 23.7 Å². The van der Waals surface area contributed by atoms with Crippen molar-refractivity contribution in [3.8, 4) is 16.9 Å². The van der Waals surface area contributed by atoms with Crippen molar-refractivity contribution in [3.05, 3.63) is 85.2 Å². The van der Waals surface area contributed by atoms with Gasteiger partial charge in [0.05, 0.1) is 15.6 Å². The predicted octanol–water partition coefficient (Wildman–Crippen LogP) is 4.28. The number of hydrogen-bond acceptors (Lipinski definition) is 7. The van der Waals surface area contributed by atoms with Crippen LogP contribution in [0.2, 0.25) is 5.02 Å². The van der Waals surface area contributed by atoms with Crippen LogP contribution in [0.25, 0.3) is 28.0 Å². The highest BCUT2D eigenvalue weighted by molar-refractivity contribution is 6.31. The second kappa shape index (κ2) is 13.8. The van der Waals surface area contributed by atoms with Gasteiger partial charge in [0.15, 0.2) is 17.4 Å². The summed E-state index contributed by atoms with van der Waals surface area (Å²) in [6.45, 7) is 5.17. The van der Waals surface area contributed by atoms with Crippen molar-refractivity contribution in [2.75, 3.05) is 13.1 Å². The summed E-state index contributed by atoms with van der Waals surface area (Å²) < 4.78 is 16.5. The third-order valence-corrected chi connectivity index (χ3v) is 7.39. The van der Waals surface area contributed by atoms with E-state index in [4.69, 9.17) is 28.5 Å². The summed E-state index contributed by atoms with van der Waals surface area (Å²) in [5.41, 5.74) is 12.0. The molecule has 4 rings (SSSR count). The first kappa shape index (κ1) is 31.6. The van der Waals surface area contributed by atoms with E-state index in [9.17, 15) is 14.9 Å². The predicted molar refractivity (Wildman–Crippen MR) is 166 cm³/mol. The van der Waals surface area contributed by atoms with Crippen LogP contribution in [-0.4, -0.2) is 44.5 Å². The number of rotatable bonds is 13. The second-order valence-corrected chi connectivity index (χ2v) is 10.9. The Bertz CT molecular complexity index is 1690. The Morgan fingerprint density at radius 2 is 1.95 bits per heavy atom. The molecule has 0 amide bonds. The van der Waals surface area contributed by atoms with Gasteiger partial charge in [0, 0.05) is 30.4 Å². The molecule has 8 N–H and O–H groups in total. The molecule has 228 valence electrons. The fourth-order valence-corrected chi connectivity index (χ4v) is 5.12. The molecule has 0 bridgehead atoms. The number of halogens is 2. The van der Waals surface area contributed by atoms with Crippen LogP contribution in [-0.2, 0) is 6.42 Å². The number of nitrogens with one attached hydrogen (secondary N) is 4. The third kappa shape index (κ3) is 7.55. The Morgan fingerprint density at radius 3 is 2.60 bits per heavy atom. The standard InChI is InChI=1S/C29H35ClFN9O3/c1-16(32)5-3-6-18-13-21(24(31)23(30)14-18)25-26(40(42)43)22-15-39(29(41)38-27(22)37-25)20-9-7-19(8-10-20)17(2)35-11-4-12-36-28(33)34/h7-10,13-17,35H,3-6,11-12,32H2,1-2H3,(H4,33,34,36)(H,37,38,41)/t16-,17-/m0/s1. The summed E-state index contributed by atoms with van der Waals surface area (Å²) in [6, 6.07) is 10.2. The maximum Gasteiger partial charge on any atom is 0.354 e. The van der Waals surface area contributed by atoms with E-state index in [-0.39, 0.29) is 45.4 Å². The quantitative estimate of drug-likeness (QED) is 0.0424. The van der Waals surface area contributed by atoms with E-state index in [1.165, 1.54) is 22.9 Å². The van der Waals surface area contributed by atoms with Crippen molar-refractivity contribution < 1.29 is 9.31 Å². The Morgan fingerprint density at radius 1 is 1.23 bits per heavy atom. The zero-order valence-corrected chi connectivity index (χ0v) is 24.7. The molecule has 12 nitrogen and oxygen atoms in total. The monoisotopic (exact) mass is 611 g/mol. The van der Waals surface area contributed by atoms with Crippen LogP contribution < -0.4 is 27.8 Å². The first-order valence-corrected chi connectivity index (χ1v) is 14.3. The van der Waals surface area contributed by atoms with Crippen LogP contribution >= 0.6 is 11.6 Å². The minimum atomic E-state index is -0.809. The molecule has 2 heterocycles. The van der Waals surface area contributed by atoms with Gasteiger partial charge in [-0.3, -0.25) is 20.1 Å². The van der Waals surface area contributed by atoms with Gasteiger partial charge in [0.25, 0.3) is 0 Å². The van der Waals surface area contributed by atoms with Crippen molar-refractivity contribution in [2.45, 2.75) is 51.6 Å². The van der Waals surface area contributed by atoms with Crippen LogP contribution in [0.3, 0.4) is 0 Å². The van der Waals surface area contributed by atoms with Crippen molar-refractivity contribution >= 4 is 34.3 Å². The summed E-state index contributed by atoms with van der Waals surface area (Å²) >= 11 is 6.19. The number of nitrogens with zero attached hydrogens (tertiary/aromatic N) is 3. The number of H-pyrrole nitrogens is 1. The van der Waals surface area contributed by atoms with Gasteiger partial charge in [-0.05, 0) is 81.5 Å². The lowest BCUT2D eigenvalue weighted by molar-refractivity contribution is -0.382. The first-order chi connectivity index (χ1) is 20.5. The molecule has 2 atom stereocenters. The van der Waals surface area contributed by atoms with E-state index in [0.29, 0.717) is 30.8 Å². The highest BCUT2D eigenvalue weighted by Gasteiger charge is 2.28. The van der Waals surface area contributed by atoms with Crippen LogP contribution in [0.5, 0.6) is 0 Å². The summed E-state index contributed by atoms with van der Waals surface area (Å²) in [7, 11) is 0. The Balaban J connectivity index is 1.65. The summed E-state index contributed by atoms with van der Waals surface area (Å²) in [5, 5.41) is 25.5. The highest BCUT2D eigenvalue weighted by Crippen LogP contribution is 2.39. The number of nitro groups is 1. The lowest BCUT2D eigenvalue weighted by Gasteiger charge is -2.15. The smallest absolute Gasteiger partial charge is 0.354 e. The van der Waals surface area contributed by atoms with Crippen molar-refractivity contribution in [3.63, 3.8) is 0 Å². The lowest BCUT2D eigenvalue weighted by Crippen LogP contribution is -2.32. The van der Waals surface area contributed by atoms with Crippen LogP contribution in [0, 0.1) is 21.3 Å². The van der Waals surface area contributed by atoms with Gasteiger partial charge in [0.1, 0.15) is 11.1 Å². The number of aromatic nitrogens is 3. The zero-order chi connectivity index (χ0) is 31.3. The molecule has 0 fully saturated rings. The van der Waals surface area contributed by atoms with E-state index < -0.39 is 22.1 Å². The Labute approximate surface area is 252 Å². The van der Waals surface area contributed by atoms with E-state index >= 15 is 4.39 Å². The number of aryl methyl sites for hydroxylation is 1. The molecule has 0 radical (unpaired) electrons. The van der Waals surface area contributed by atoms with Gasteiger partial charge in [-0.2, -0.15) is 4.98 Å². The topological polar surface area (TPSA) is 194 Å². The number of guanidine groups is 1. The maximum absolute atomic E-state index is 15.3. The number of hydrogen-bond donors (Lipinski definition) is 6. The van der Waals surface area contributed by atoms with E-state index in [1.807, 2.05) is 26.0 Å². The normalized spacial score (nSPS) is 12.8. The number of aromatic amines is 1. The SMILES string of the molecule is C[C@H](N)CCCc1cc(Cl)c(F)c(-c2[nH]c3nc(=O)n(-c4ccc([C@H](C)NCCCNC(=N)N)cc4)cc3c2[N+](=O)[O-])c1. The molecule has 2 aromatic carbocycles. The average molecular weight is 612 g/mol. The minimum Gasteiger partial charge on any atom is -0.370 e. The average Bonchev–Trinajstić information content (AvgIpc) is 3.32. The first-order valence-electron chi connectivity index (χ1n) is 13.9. The molecule has 0 spiro atoms. The van der Waals surface area contributed by atoms with Crippen molar-refractivity contribution in [1.82, 2.24) is 25.2 Å². The minimum absolute atomic E-state index is 0.00707. The van der Waals surface area contributed by atoms with Crippen LogP contribution in [0.15, 0.2) is 47.4 Å². The second-order valence-electron chi connectivity index (χ2n) is 10.5. The van der Waals surface area contributed by atoms with Crippen molar-refractivity contribution in [2.24, 2.45) is 11.5 Å². The van der Waals surface area contributed by atoms with E-state index in [0.717, 1.165) is 24.8 Å². The zero-order valence-electron chi connectivity index (χ0n) is 23.9. The summed E-state index contributed by atoms with van der Waals surface area (Å²) in [6.07, 6.45) is 4.17. The molecule has 4 aromatic rings. The number of nitrogens with two attached hydrogens (primary N) is 2. The molecular formula is C29H35ClFN9O3. The van der Waals surface area contributed by atoms with Crippen LogP contribution in [0.1, 0.15) is 50.3 Å². The van der Waals surface area contributed by atoms with Gasteiger partial charge in [-0.15, -0.1) is 0 Å². The van der Waals surface area contributed by atoms with Crippen LogP contribution in [0.4, 0.5) is 10.1 Å². The number of benzene rings is 2. The molecule has 43 heavy (non-hydrogen) atoms. The van der Waals surface area contributed by atoms with E-state index in [1.54, 1.807) is 12.1 Å². The van der Waals surface area contributed by atoms with Gasteiger partial charge in [-0.25, -0.2) is 9.18 Å². The molecular weight excluding hydrogens is 577 g/mol. The Hall–Kier alpha value is -4.33. The van der Waals surface area contributed by atoms with Crippen molar-refractivity contribution in [1.29, 1.82) is 5.41 Å². The number of fused-ring (bicyclic) bond motifs is 1. The summed E-state index contributed by atoms with van der Waals surface area (Å²) in [4.78, 5) is 31.5.